The number of hydrogen-bond donors (Lipinski definition) is 1. The summed E-state index contributed by atoms with van der Waals surface area (Å²) in [7, 11) is 0. The maximum Gasteiger partial charge on any atom is 0.358 e. The van der Waals surface area contributed by atoms with E-state index in [1.54, 1.807) is 18.3 Å². The molecule has 3 heterocycles. The first-order chi connectivity index (χ1) is 9.17. The maximum atomic E-state index is 12.8. The Labute approximate surface area is 108 Å². The molecule has 0 radical (unpaired) electrons. The van der Waals surface area contributed by atoms with E-state index >= 15 is 0 Å². The molecule has 2 aromatic heterocycles. The van der Waals surface area contributed by atoms with Crippen molar-refractivity contribution in [3.8, 4) is 0 Å². The highest BCUT2D eigenvalue weighted by molar-refractivity contribution is 5.93. The minimum absolute atomic E-state index is 0.261. The van der Waals surface area contributed by atoms with Crippen LogP contribution in [0.5, 0.6) is 0 Å². The summed E-state index contributed by atoms with van der Waals surface area (Å²) in [6.07, 6.45) is 2.19. The Hall–Kier alpha value is -2.28. The summed E-state index contributed by atoms with van der Waals surface area (Å²) < 4.78 is 12.8. The molecule has 1 saturated heterocycles. The summed E-state index contributed by atoms with van der Waals surface area (Å²) in [6, 6.07) is 3.36. The van der Waals surface area contributed by atoms with Crippen molar-refractivity contribution in [2.75, 3.05) is 18.0 Å². The molecular formula is C12H11FN4O2. The predicted molar refractivity (Wildman–Crippen MR) is 66.2 cm³/mol. The predicted octanol–water partition coefficient (Wildman–Crippen LogP) is 0.818. The summed E-state index contributed by atoms with van der Waals surface area (Å²) in [5.74, 6) is 4.85. The van der Waals surface area contributed by atoms with Crippen molar-refractivity contribution in [2.45, 2.75) is 6.17 Å². The van der Waals surface area contributed by atoms with Crippen molar-refractivity contribution in [1.82, 2.24) is 9.97 Å². The van der Waals surface area contributed by atoms with E-state index in [9.17, 15) is 9.18 Å². The highest BCUT2D eigenvalue weighted by Gasteiger charge is 2.27. The van der Waals surface area contributed by atoms with Gasteiger partial charge in [-0.3, -0.25) is 4.98 Å². The van der Waals surface area contributed by atoms with E-state index < -0.39 is 12.1 Å². The molecule has 1 aliphatic heterocycles. The van der Waals surface area contributed by atoms with Gasteiger partial charge in [-0.15, -0.1) is 0 Å². The van der Waals surface area contributed by atoms with Crippen LogP contribution >= 0.6 is 0 Å². The number of aromatic nitrogens is 2. The van der Waals surface area contributed by atoms with Crippen molar-refractivity contribution in [3.05, 3.63) is 30.1 Å². The number of nitrogens with zero attached hydrogens (tertiary/aromatic N) is 3. The smallest absolute Gasteiger partial charge is 0.358 e. The van der Waals surface area contributed by atoms with Gasteiger partial charge in [0.25, 0.3) is 0 Å². The molecule has 1 fully saturated rings. The first kappa shape index (κ1) is 11.8. The molecule has 0 aliphatic carbocycles. The Morgan fingerprint density at radius 2 is 2.16 bits per heavy atom. The van der Waals surface area contributed by atoms with Crippen LogP contribution in [0.2, 0.25) is 0 Å². The molecule has 0 saturated carbocycles. The number of fused-ring (bicyclic) bond motifs is 1. The van der Waals surface area contributed by atoms with Crippen LogP contribution in [-0.2, 0) is 4.84 Å². The molecule has 3 rings (SSSR count). The van der Waals surface area contributed by atoms with Crippen LogP contribution in [0.1, 0.15) is 10.4 Å². The maximum absolute atomic E-state index is 12.8. The molecule has 0 unspecified atom stereocenters. The van der Waals surface area contributed by atoms with Gasteiger partial charge in [-0.05, 0) is 6.07 Å². The van der Waals surface area contributed by atoms with Crippen molar-refractivity contribution in [2.24, 2.45) is 5.90 Å². The quantitative estimate of drug-likeness (QED) is 0.807. The van der Waals surface area contributed by atoms with E-state index in [-0.39, 0.29) is 5.56 Å². The van der Waals surface area contributed by atoms with Crippen LogP contribution in [0, 0.1) is 0 Å². The fourth-order valence-corrected chi connectivity index (χ4v) is 1.98. The van der Waals surface area contributed by atoms with Gasteiger partial charge in [0, 0.05) is 23.8 Å². The number of rotatable bonds is 2. The van der Waals surface area contributed by atoms with Crippen molar-refractivity contribution in [3.63, 3.8) is 0 Å². The van der Waals surface area contributed by atoms with Crippen LogP contribution < -0.4 is 10.8 Å². The second-order valence-electron chi connectivity index (χ2n) is 4.37. The SMILES string of the molecule is NOC(=O)c1cnc2cc(N3CC(F)C3)ncc2c1. The third-order valence-electron chi connectivity index (χ3n) is 3.05. The van der Waals surface area contributed by atoms with Crippen LogP contribution in [0.3, 0.4) is 0 Å². The molecular weight excluding hydrogens is 251 g/mol. The van der Waals surface area contributed by atoms with E-state index in [0.717, 1.165) is 0 Å². The number of carbonyl (C=O) groups is 1. The van der Waals surface area contributed by atoms with Crippen molar-refractivity contribution in [1.29, 1.82) is 0 Å². The number of pyridine rings is 2. The lowest BCUT2D eigenvalue weighted by molar-refractivity contribution is 0.0503. The van der Waals surface area contributed by atoms with E-state index in [4.69, 9.17) is 5.90 Å². The van der Waals surface area contributed by atoms with Crippen LogP contribution in [0.25, 0.3) is 10.9 Å². The Morgan fingerprint density at radius 1 is 1.37 bits per heavy atom. The van der Waals surface area contributed by atoms with E-state index in [0.29, 0.717) is 29.8 Å². The highest BCUT2D eigenvalue weighted by Crippen LogP contribution is 2.23. The fourth-order valence-electron chi connectivity index (χ4n) is 1.98. The monoisotopic (exact) mass is 262 g/mol. The van der Waals surface area contributed by atoms with Crippen LogP contribution in [0.4, 0.5) is 10.2 Å². The Kier molecular flexibility index (Phi) is 2.75. The van der Waals surface area contributed by atoms with Gasteiger partial charge < -0.3 is 9.74 Å². The normalized spacial score (nSPS) is 15.4. The molecule has 0 aromatic carbocycles. The Morgan fingerprint density at radius 3 is 2.84 bits per heavy atom. The zero-order valence-corrected chi connectivity index (χ0v) is 9.91. The minimum Gasteiger partial charge on any atom is -0.370 e. The third-order valence-corrected chi connectivity index (χ3v) is 3.05. The molecule has 1 aliphatic rings. The fraction of sp³-hybridized carbons (Fsp3) is 0.250. The zero-order valence-electron chi connectivity index (χ0n) is 9.91. The Balaban J connectivity index is 1.94. The summed E-state index contributed by atoms with van der Waals surface area (Å²) in [4.78, 5) is 25.6. The van der Waals surface area contributed by atoms with Gasteiger partial charge in [0.1, 0.15) is 12.0 Å². The first-order valence-electron chi connectivity index (χ1n) is 5.73. The minimum atomic E-state index is -0.785. The van der Waals surface area contributed by atoms with E-state index in [1.165, 1.54) is 6.20 Å². The van der Waals surface area contributed by atoms with Gasteiger partial charge >= 0.3 is 5.97 Å². The Bertz CT molecular complexity index is 643. The second-order valence-corrected chi connectivity index (χ2v) is 4.37. The number of nitrogens with two attached hydrogens (primary N) is 1. The summed E-state index contributed by atoms with van der Waals surface area (Å²) in [5, 5.41) is 0.698. The highest BCUT2D eigenvalue weighted by atomic mass is 19.1. The molecule has 0 spiro atoms. The van der Waals surface area contributed by atoms with E-state index in [2.05, 4.69) is 14.8 Å². The molecule has 0 atom stereocenters. The standard InChI is InChI=1S/C12H11FN4O2/c13-9-5-17(6-9)11-2-10-7(3-16-11)1-8(4-15-10)12(18)19-14/h1-4,9H,5-6,14H2. The van der Waals surface area contributed by atoms with Gasteiger partial charge in [0.2, 0.25) is 0 Å². The molecule has 19 heavy (non-hydrogen) atoms. The van der Waals surface area contributed by atoms with Gasteiger partial charge in [0.05, 0.1) is 24.2 Å². The molecule has 6 nitrogen and oxygen atoms in total. The van der Waals surface area contributed by atoms with Gasteiger partial charge in [-0.25, -0.2) is 14.2 Å². The number of halogens is 1. The lowest BCUT2D eigenvalue weighted by Crippen LogP contribution is -2.48. The van der Waals surface area contributed by atoms with Crippen molar-refractivity contribution >= 4 is 22.7 Å². The molecule has 7 heteroatoms. The largest absolute Gasteiger partial charge is 0.370 e. The molecule has 2 N–H and O–H groups in total. The van der Waals surface area contributed by atoms with Gasteiger partial charge in [0.15, 0.2) is 0 Å². The molecule has 0 bridgehead atoms. The first-order valence-corrected chi connectivity index (χ1v) is 5.73. The number of anilines is 1. The number of carbonyl (C=O) groups excluding carboxylic acids is 1. The topological polar surface area (TPSA) is 81.3 Å². The lowest BCUT2D eigenvalue weighted by Gasteiger charge is -2.35. The second kappa shape index (κ2) is 4.43. The van der Waals surface area contributed by atoms with E-state index in [1.807, 2.05) is 4.90 Å². The average Bonchev–Trinajstić information content (AvgIpc) is 2.42. The lowest BCUT2D eigenvalue weighted by atomic mass is 10.1. The van der Waals surface area contributed by atoms with Gasteiger partial charge in [-0.2, -0.15) is 5.90 Å². The summed E-state index contributed by atoms with van der Waals surface area (Å²) in [6.45, 7) is 0.714. The number of alkyl halides is 1. The average molecular weight is 262 g/mol. The van der Waals surface area contributed by atoms with Gasteiger partial charge in [-0.1, -0.05) is 0 Å². The number of hydrogen-bond acceptors (Lipinski definition) is 6. The summed E-state index contributed by atoms with van der Waals surface area (Å²) >= 11 is 0. The van der Waals surface area contributed by atoms with Crippen LogP contribution in [-0.4, -0.2) is 35.2 Å². The summed E-state index contributed by atoms with van der Waals surface area (Å²) in [5.41, 5.74) is 0.943. The molecule has 0 amide bonds. The zero-order chi connectivity index (χ0) is 13.4. The molecule has 98 valence electrons. The molecule has 2 aromatic rings. The van der Waals surface area contributed by atoms with Crippen LogP contribution in [0.15, 0.2) is 24.5 Å². The third kappa shape index (κ3) is 2.08. The van der Waals surface area contributed by atoms with Crippen molar-refractivity contribution < 1.29 is 14.0 Å².